The molecule has 26 heavy (non-hydrogen) atoms. The van der Waals surface area contributed by atoms with Crippen molar-refractivity contribution < 1.29 is 13.6 Å². The summed E-state index contributed by atoms with van der Waals surface area (Å²) in [4.78, 5) is 22.5. The van der Waals surface area contributed by atoms with Crippen LogP contribution in [0.25, 0.3) is 10.9 Å². The van der Waals surface area contributed by atoms with Crippen molar-refractivity contribution in [2.24, 2.45) is 5.92 Å². The van der Waals surface area contributed by atoms with Gasteiger partial charge in [-0.2, -0.15) is 0 Å². The molecule has 0 spiro atoms. The van der Waals surface area contributed by atoms with Gasteiger partial charge < -0.3 is 14.3 Å². The second-order valence-electron chi connectivity index (χ2n) is 7.42. The molecule has 1 amide bonds. The number of fused-ring (bicyclic) bond motifs is 3. The van der Waals surface area contributed by atoms with Gasteiger partial charge in [0.05, 0.1) is 5.69 Å². The molecule has 1 N–H and O–H groups in total. The summed E-state index contributed by atoms with van der Waals surface area (Å²) in [5.74, 6) is 1.27. The highest BCUT2D eigenvalue weighted by molar-refractivity contribution is 5.93. The van der Waals surface area contributed by atoms with E-state index < -0.39 is 0 Å². The van der Waals surface area contributed by atoms with Crippen molar-refractivity contribution in [3.63, 3.8) is 0 Å². The van der Waals surface area contributed by atoms with Crippen LogP contribution in [-0.2, 0) is 19.4 Å². The normalized spacial score (nSPS) is 16.9. The number of hydrogen-bond donors (Lipinski definition) is 1. The number of carbonyl (C=O) groups is 1. The Morgan fingerprint density at radius 2 is 2.27 bits per heavy atom. The van der Waals surface area contributed by atoms with E-state index in [9.17, 15) is 9.18 Å². The Labute approximate surface area is 150 Å². The Hall–Kier alpha value is -2.63. The van der Waals surface area contributed by atoms with Gasteiger partial charge in [0.15, 0.2) is 5.89 Å². The van der Waals surface area contributed by atoms with E-state index in [-0.39, 0.29) is 11.7 Å². The first-order valence-corrected chi connectivity index (χ1v) is 9.13. The van der Waals surface area contributed by atoms with Crippen LogP contribution in [0.5, 0.6) is 0 Å². The molecule has 0 radical (unpaired) electrons. The third-order valence-corrected chi connectivity index (χ3v) is 5.42. The summed E-state index contributed by atoms with van der Waals surface area (Å²) in [6.07, 6.45) is 3.98. The summed E-state index contributed by atoms with van der Waals surface area (Å²) >= 11 is 0. The fourth-order valence-electron chi connectivity index (χ4n) is 3.81. The first-order valence-electron chi connectivity index (χ1n) is 9.13. The van der Waals surface area contributed by atoms with E-state index >= 15 is 0 Å². The maximum absolute atomic E-state index is 13.7. The summed E-state index contributed by atoms with van der Waals surface area (Å²) in [7, 11) is 0. The van der Waals surface area contributed by atoms with E-state index in [2.05, 4.69) is 9.97 Å². The fraction of sp³-hybridized carbons (Fsp3) is 0.400. The minimum absolute atomic E-state index is 0.131. The van der Waals surface area contributed by atoms with Crippen molar-refractivity contribution in [2.75, 3.05) is 6.54 Å². The number of oxazole rings is 1. The Morgan fingerprint density at radius 3 is 3.08 bits per heavy atom. The number of benzene rings is 1. The van der Waals surface area contributed by atoms with Crippen molar-refractivity contribution >= 4 is 16.8 Å². The number of H-pyrrole nitrogens is 1. The number of aromatic nitrogens is 2. The molecule has 1 saturated carbocycles. The molecule has 1 aliphatic carbocycles. The van der Waals surface area contributed by atoms with Crippen LogP contribution in [0, 0.1) is 18.7 Å². The molecule has 6 heteroatoms. The largest absolute Gasteiger partial charge is 0.435 e. The van der Waals surface area contributed by atoms with Gasteiger partial charge in [-0.25, -0.2) is 9.37 Å². The van der Waals surface area contributed by atoms with Gasteiger partial charge in [-0.15, -0.1) is 0 Å². The van der Waals surface area contributed by atoms with E-state index in [1.807, 2.05) is 6.92 Å². The van der Waals surface area contributed by atoms with Crippen LogP contribution in [0.15, 0.2) is 22.6 Å². The molecule has 0 saturated heterocycles. The van der Waals surface area contributed by atoms with Crippen LogP contribution in [-0.4, -0.2) is 27.3 Å². The summed E-state index contributed by atoms with van der Waals surface area (Å²) < 4.78 is 19.4. The SMILES string of the molecule is Cc1nc(CC2CC2)oc1C(=O)N1CCc2[nH]c3ccc(F)cc3c2C1. The standard InChI is InChI=1S/C20H20FN3O2/c1-11-19(26-18(22-11)8-12-2-3-12)20(25)24-7-6-17-15(10-24)14-9-13(21)4-5-16(14)23-17/h4-5,9,12,23H,2-3,6-8,10H2,1H3. The monoisotopic (exact) mass is 353 g/mol. The number of rotatable bonds is 3. The van der Waals surface area contributed by atoms with E-state index in [1.54, 1.807) is 11.0 Å². The highest BCUT2D eigenvalue weighted by atomic mass is 19.1. The van der Waals surface area contributed by atoms with Gasteiger partial charge in [-0.1, -0.05) is 0 Å². The molecular formula is C20H20FN3O2. The van der Waals surface area contributed by atoms with Gasteiger partial charge in [-0.05, 0) is 43.9 Å². The first kappa shape index (κ1) is 15.6. The predicted octanol–water partition coefficient (Wildman–Crippen LogP) is 3.75. The quantitative estimate of drug-likeness (QED) is 0.780. The Balaban J connectivity index is 1.43. The number of amides is 1. The van der Waals surface area contributed by atoms with Gasteiger partial charge in [0.25, 0.3) is 5.91 Å². The molecule has 2 aromatic heterocycles. The number of nitrogens with zero attached hydrogens (tertiary/aromatic N) is 2. The zero-order valence-corrected chi connectivity index (χ0v) is 14.6. The van der Waals surface area contributed by atoms with E-state index in [1.165, 1.54) is 25.0 Å². The number of aromatic amines is 1. The van der Waals surface area contributed by atoms with Gasteiger partial charge in [0.1, 0.15) is 5.82 Å². The van der Waals surface area contributed by atoms with Crippen molar-refractivity contribution in [3.05, 3.63) is 52.6 Å². The average molecular weight is 353 g/mol. The van der Waals surface area contributed by atoms with Gasteiger partial charge in [0, 0.05) is 48.1 Å². The summed E-state index contributed by atoms with van der Waals surface area (Å²) in [5.41, 5.74) is 3.64. The van der Waals surface area contributed by atoms with Crippen molar-refractivity contribution in [2.45, 2.75) is 39.2 Å². The third-order valence-electron chi connectivity index (χ3n) is 5.42. The second-order valence-corrected chi connectivity index (χ2v) is 7.42. The lowest BCUT2D eigenvalue weighted by Crippen LogP contribution is -2.35. The van der Waals surface area contributed by atoms with Crippen LogP contribution >= 0.6 is 0 Å². The zero-order valence-electron chi connectivity index (χ0n) is 14.6. The molecule has 3 heterocycles. The van der Waals surface area contributed by atoms with Gasteiger partial charge in [0.2, 0.25) is 5.76 Å². The van der Waals surface area contributed by atoms with E-state index in [0.29, 0.717) is 36.4 Å². The maximum Gasteiger partial charge on any atom is 0.291 e. The second kappa shape index (κ2) is 5.69. The van der Waals surface area contributed by atoms with Crippen molar-refractivity contribution in [1.29, 1.82) is 0 Å². The summed E-state index contributed by atoms with van der Waals surface area (Å²) in [6, 6.07) is 4.73. The molecule has 5 nitrogen and oxygen atoms in total. The lowest BCUT2D eigenvalue weighted by atomic mass is 10.0. The Bertz CT molecular complexity index is 1020. The number of hydrogen-bond acceptors (Lipinski definition) is 3. The zero-order chi connectivity index (χ0) is 17.8. The molecule has 3 aromatic rings. The molecule has 1 fully saturated rings. The van der Waals surface area contributed by atoms with Crippen LogP contribution in [0.4, 0.5) is 4.39 Å². The molecule has 0 unspecified atom stereocenters. The topological polar surface area (TPSA) is 62.1 Å². The average Bonchev–Trinajstić information content (AvgIpc) is 3.26. The fourth-order valence-corrected chi connectivity index (χ4v) is 3.81. The summed E-state index contributed by atoms with van der Waals surface area (Å²) in [5, 5.41) is 0.848. The van der Waals surface area contributed by atoms with Crippen LogP contribution in [0.1, 0.15) is 46.2 Å². The highest BCUT2D eigenvalue weighted by Gasteiger charge is 2.30. The maximum atomic E-state index is 13.7. The molecular weight excluding hydrogens is 333 g/mol. The third kappa shape index (κ3) is 2.60. The van der Waals surface area contributed by atoms with Crippen LogP contribution in [0.3, 0.4) is 0 Å². The lowest BCUT2D eigenvalue weighted by Gasteiger charge is -2.26. The minimum atomic E-state index is -0.265. The van der Waals surface area contributed by atoms with Crippen LogP contribution in [0.2, 0.25) is 0 Å². The number of carbonyl (C=O) groups excluding carboxylic acids is 1. The van der Waals surface area contributed by atoms with Crippen molar-refractivity contribution in [3.8, 4) is 0 Å². The molecule has 1 aromatic carbocycles. The van der Waals surface area contributed by atoms with Gasteiger partial charge in [-0.3, -0.25) is 4.79 Å². The predicted molar refractivity (Wildman–Crippen MR) is 94.4 cm³/mol. The van der Waals surface area contributed by atoms with Gasteiger partial charge >= 0.3 is 0 Å². The molecule has 1 aliphatic heterocycles. The smallest absolute Gasteiger partial charge is 0.291 e. The molecule has 134 valence electrons. The molecule has 0 bridgehead atoms. The van der Waals surface area contributed by atoms with Crippen molar-refractivity contribution in [1.82, 2.24) is 14.9 Å². The minimum Gasteiger partial charge on any atom is -0.435 e. The number of nitrogens with one attached hydrogen (secondary N) is 1. The highest BCUT2D eigenvalue weighted by Crippen LogP contribution is 2.33. The molecule has 0 atom stereocenters. The number of aryl methyl sites for hydroxylation is 1. The lowest BCUT2D eigenvalue weighted by molar-refractivity contribution is 0.0699. The van der Waals surface area contributed by atoms with E-state index in [4.69, 9.17) is 4.42 Å². The molecule has 2 aliphatic rings. The molecule has 5 rings (SSSR count). The van der Waals surface area contributed by atoms with E-state index in [0.717, 1.165) is 35.0 Å². The van der Waals surface area contributed by atoms with Crippen LogP contribution < -0.4 is 0 Å². The Morgan fingerprint density at radius 1 is 1.42 bits per heavy atom. The summed E-state index contributed by atoms with van der Waals surface area (Å²) in [6.45, 7) is 2.89. The number of halogens is 1. The first-order chi connectivity index (χ1) is 12.6. The Kier molecular flexibility index (Phi) is 3.42.